The predicted molar refractivity (Wildman–Crippen MR) is 139 cm³/mol. The molecule has 6 rings (SSSR count). The number of piperidine rings is 1. The van der Waals surface area contributed by atoms with Crippen LogP contribution in [0.15, 0.2) is 60.8 Å². The Bertz CT molecular complexity index is 1360. The molecular formula is C27H28ClN5O2. The number of hydrogen-bond donors (Lipinski definition) is 1. The first-order valence-corrected chi connectivity index (χ1v) is 11.8. The van der Waals surface area contributed by atoms with Crippen molar-refractivity contribution in [1.29, 1.82) is 0 Å². The number of nitrogens with one attached hydrogen (secondary N) is 1. The van der Waals surface area contributed by atoms with Crippen molar-refractivity contribution in [3.05, 3.63) is 83.2 Å². The van der Waals surface area contributed by atoms with Crippen LogP contribution in [0.1, 0.15) is 45.9 Å². The lowest BCUT2D eigenvalue weighted by molar-refractivity contribution is 0.0991. The van der Waals surface area contributed by atoms with Gasteiger partial charge in [0.15, 0.2) is 0 Å². The fourth-order valence-corrected chi connectivity index (χ4v) is 5.18. The van der Waals surface area contributed by atoms with Gasteiger partial charge in [-0.1, -0.05) is 35.5 Å². The lowest BCUT2D eigenvalue weighted by Crippen LogP contribution is -2.26. The molecule has 7 nitrogen and oxygen atoms in total. The zero-order valence-electron chi connectivity index (χ0n) is 19.6. The number of carbonyl (C=O) groups is 1. The summed E-state index contributed by atoms with van der Waals surface area (Å²) in [5.41, 5.74) is 5.00. The molecule has 2 aliphatic rings. The van der Waals surface area contributed by atoms with Crippen molar-refractivity contribution in [2.45, 2.75) is 31.8 Å². The number of amides is 1. The first-order chi connectivity index (χ1) is 16.7. The van der Waals surface area contributed by atoms with Gasteiger partial charge in [0.05, 0.1) is 31.6 Å². The molecule has 0 spiro atoms. The van der Waals surface area contributed by atoms with Gasteiger partial charge in [0.1, 0.15) is 5.75 Å². The second kappa shape index (κ2) is 9.68. The zero-order chi connectivity index (χ0) is 23.1. The summed E-state index contributed by atoms with van der Waals surface area (Å²) in [7, 11) is 1.65. The molecule has 0 aliphatic carbocycles. The fraction of sp³-hybridized carbons (Fsp3) is 0.296. The molecule has 180 valence electrons. The first-order valence-electron chi connectivity index (χ1n) is 11.8. The zero-order valence-corrected chi connectivity index (χ0v) is 20.4. The molecule has 1 aromatic heterocycles. The molecular weight excluding hydrogens is 462 g/mol. The average molecular weight is 490 g/mol. The maximum absolute atomic E-state index is 13.3. The van der Waals surface area contributed by atoms with Crippen molar-refractivity contribution in [1.82, 2.24) is 20.3 Å². The summed E-state index contributed by atoms with van der Waals surface area (Å²) in [5, 5.41) is 14.4. The molecule has 0 saturated carbocycles. The molecule has 4 aromatic rings. The van der Waals surface area contributed by atoms with Crippen LogP contribution in [0.2, 0.25) is 0 Å². The molecule has 0 unspecified atom stereocenters. The molecule has 1 amide bonds. The minimum Gasteiger partial charge on any atom is -0.497 e. The number of ether oxygens (including phenoxy) is 1. The van der Waals surface area contributed by atoms with E-state index in [9.17, 15) is 4.79 Å². The number of anilines is 1. The van der Waals surface area contributed by atoms with E-state index in [1.807, 2.05) is 46.0 Å². The lowest BCUT2D eigenvalue weighted by Gasteiger charge is -2.20. The summed E-state index contributed by atoms with van der Waals surface area (Å²) in [4.78, 5) is 15.2. The van der Waals surface area contributed by atoms with Crippen LogP contribution in [0.25, 0.3) is 10.8 Å². The van der Waals surface area contributed by atoms with E-state index >= 15 is 0 Å². The van der Waals surface area contributed by atoms with Crippen molar-refractivity contribution in [3.63, 3.8) is 0 Å². The summed E-state index contributed by atoms with van der Waals surface area (Å²) in [5.74, 6) is 1.33. The van der Waals surface area contributed by atoms with Crippen LogP contribution in [0, 0.1) is 0 Å². The van der Waals surface area contributed by atoms with Gasteiger partial charge in [-0.25, -0.2) is 4.68 Å². The van der Waals surface area contributed by atoms with Gasteiger partial charge in [-0.15, -0.1) is 17.5 Å². The van der Waals surface area contributed by atoms with Crippen molar-refractivity contribution in [2.24, 2.45) is 0 Å². The van der Waals surface area contributed by atoms with Crippen LogP contribution < -0.4 is 15.0 Å². The van der Waals surface area contributed by atoms with Crippen molar-refractivity contribution >= 4 is 34.8 Å². The summed E-state index contributed by atoms with van der Waals surface area (Å²) >= 11 is 0. The number of methoxy groups -OCH3 is 1. The molecule has 1 N–H and O–H groups in total. The Balaban J connectivity index is 0.00000253. The van der Waals surface area contributed by atoms with Crippen LogP contribution in [0.3, 0.4) is 0 Å². The van der Waals surface area contributed by atoms with Crippen LogP contribution >= 0.6 is 12.4 Å². The summed E-state index contributed by atoms with van der Waals surface area (Å²) in [6.45, 7) is 3.22. The van der Waals surface area contributed by atoms with Gasteiger partial charge in [0, 0.05) is 23.1 Å². The molecule has 0 radical (unpaired) electrons. The first kappa shape index (κ1) is 23.3. The number of carbonyl (C=O) groups excluding carboxylic acids is 1. The van der Waals surface area contributed by atoms with Crippen LogP contribution in [-0.2, 0) is 13.1 Å². The smallest absolute Gasteiger partial charge is 0.259 e. The Hall–Kier alpha value is -3.42. The highest BCUT2D eigenvalue weighted by Gasteiger charge is 2.30. The molecule has 35 heavy (non-hydrogen) atoms. The molecule has 0 bridgehead atoms. The van der Waals surface area contributed by atoms with Crippen molar-refractivity contribution < 1.29 is 9.53 Å². The monoisotopic (exact) mass is 489 g/mol. The maximum Gasteiger partial charge on any atom is 0.259 e. The van der Waals surface area contributed by atoms with E-state index in [4.69, 9.17) is 4.74 Å². The minimum atomic E-state index is 0. The molecule has 1 fully saturated rings. The molecule has 2 aliphatic heterocycles. The Morgan fingerprint density at radius 2 is 1.83 bits per heavy atom. The Labute approximate surface area is 210 Å². The van der Waals surface area contributed by atoms with E-state index in [0.29, 0.717) is 19.0 Å². The SMILES string of the molecule is COc1ccc(CN2C(=O)c3cccc4c(Cn5cc(C6CCNCC6)nn5)ccc2c34)cc1.Cl. The molecule has 8 heteroatoms. The van der Waals surface area contributed by atoms with Gasteiger partial charge < -0.3 is 15.0 Å². The number of rotatable bonds is 6. The maximum atomic E-state index is 13.3. The summed E-state index contributed by atoms with van der Waals surface area (Å²) in [6, 6.07) is 18.1. The Morgan fingerprint density at radius 1 is 1.03 bits per heavy atom. The van der Waals surface area contributed by atoms with E-state index in [-0.39, 0.29) is 18.3 Å². The highest BCUT2D eigenvalue weighted by molar-refractivity contribution is 6.25. The van der Waals surface area contributed by atoms with Crippen molar-refractivity contribution in [3.8, 4) is 5.75 Å². The van der Waals surface area contributed by atoms with Crippen LogP contribution in [0.5, 0.6) is 5.75 Å². The fourth-order valence-electron chi connectivity index (χ4n) is 5.18. The Morgan fingerprint density at radius 3 is 2.60 bits per heavy atom. The second-order valence-electron chi connectivity index (χ2n) is 9.08. The largest absolute Gasteiger partial charge is 0.497 e. The second-order valence-corrected chi connectivity index (χ2v) is 9.08. The normalized spacial score (nSPS) is 15.5. The van der Waals surface area contributed by atoms with E-state index in [1.54, 1.807) is 7.11 Å². The topological polar surface area (TPSA) is 72.3 Å². The highest BCUT2D eigenvalue weighted by atomic mass is 35.5. The van der Waals surface area contributed by atoms with Gasteiger partial charge in [-0.05, 0) is 66.7 Å². The third kappa shape index (κ3) is 4.26. The average Bonchev–Trinajstić information content (AvgIpc) is 3.46. The van der Waals surface area contributed by atoms with E-state index in [1.165, 1.54) is 0 Å². The number of aromatic nitrogens is 3. The quantitative estimate of drug-likeness (QED) is 0.430. The predicted octanol–water partition coefficient (Wildman–Crippen LogP) is 4.54. The highest BCUT2D eigenvalue weighted by Crippen LogP contribution is 2.40. The van der Waals surface area contributed by atoms with E-state index in [2.05, 4.69) is 40.0 Å². The number of nitrogens with zero attached hydrogens (tertiary/aromatic N) is 4. The number of benzene rings is 3. The van der Waals surface area contributed by atoms with Crippen LogP contribution in [-0.4, -0.2) is 41.1 Å². The molecule has 3 aromatic carbocycles. The molecule has 1 saturated heterocycles. The van der Waals surface area contributed by atoms with Gasteiger partial charge in [0.25, 0.3) is 5.91 Å². The van der Waals surface area contributed by atoms with Gasteiger partial charge >= 0.3 is 0 Å². The Kier molecular flexibility index (Phi) is 6.45. The number of halogens is 1. The van der Waals surface area contributed by atoms with Gasteiger partial charge in [-0.2, -0.15) is 0 Å². The van der Waals surface area contributed by atoms with E-state index in [0.717, 1.165) is 70.5 Å². The molecule has 3 heterocycles. The summed E-state index contributed by atoms with van der Waals surface area (Å²) in [6.07, 6.45) is 4.29. The van der Waals surface area contributed by atoms with Crippen LogP contribution in [0.4, 0.5) is 5.69 Å². The standard InChI is InChI=1S/C27H27N5O2.ClH/c1-34-21-8-5-18(6-9-21)15-32-25-10-7-20(22-3-2-4-23(26(22)25)27(32)33)16-31-17-24(29-30-31)19-11-13-28-14-12-19;/h2-10,17,19,28H,11-16H2,1H3;1H. The number of hydrogen-bond acceptors (Lipinski definition) is 5. The molecule has 0 atom stereocenters. The van der Waals surface area contributed by atoms with Crippen molar-refractivity contribution in [2.75, 3.05) is 25.1 Å². The third-order valence-corrected chi connectivity index (χ3v) is 7.02. The summed E-state index contributed by atoms with van der Waals surface area (Å²) < 4.78 is 7.18. The van der Waals surface area contributed by atoms with E-state index < -0.39 is 0 Å². The minimum absolute atomic E-state index is 0. The van der Waals surface area contributed by atoms with Gasteiger partial charge in [-0.3, -0.25) is 4.79 Å². The lowest BCUT2D eigenvalue weighted by atomic mass is 9.95. The third-order valence-electron chi connectivity index (χ3n) is 7.02. The van der Waals surface area contributed by atoms with Gasteiger partial charge in [0.2, 0.25) is 0 Å².